The molecule has 0 aliphatic heterocycles. The number of benzene rings is 3. The third-order valence-electron chi connectivity index (χ3n) is 3.46. The van der Waals surface area contributed by atoms with Gasteiger partial charge in [0.1, 0.15) is 0 Å². The lowest BCUT2D eigenvalue weighted by Gasteiger charge is -2.07. The Kier molecular flexibility index (Phi) is 4.02. The van der Waals surface area contributed by atoms with Gasteiger partial charge in [-0.15, -0.1) is 0 Å². The van der Waals surface area contributed by atoms with E-state index in [1.54, 1.807) is 6.07 Å². The minimum Gasteiger partial charge on any atom is -0.258 e. The highest BCUT2D eigenvalue weighted by Gasteiger charge is 2.16. The van der Waals surface area contributed by atoms with Crippen LogP contribution < -0.4 is 0 Å². The second-order valence-corrected chi connectivity index (χ2v) is 5.78. The first-order valence-electron chi connectivity index (χ1n) is 6.75. The standard InChI is InChI=1S/C18H12BrNO2/c19-16-9-6-14(7-10-16)17-11-8-15(12-18(17)20(21)22)13-4-2-1-3-5-13/h1-12H. The molecule has 0 aliphatic rings. The lowest BCUT2D eigenvalue weighted by molar-refractivity contribution is -0.384. The van der Waals surface area contributed by atoms with Crippen LogP contribution in [0.3, 0.4) is 0 Å². The average Bonchev–Trinajstić information content (AvgIpc) is 2.56. The van der Waals surface area contributed by atoms with Crippen molar-refractivity contribution in [3.05, 3.63) is 87.4 Å². The molecular weight excluding hydrogens is 342 g/mol. The number of hydrogen-bond acceptors (Lipinski definition) is 2. The van der Waals surface area contributed by atoms with Crippen LogP contribution in [0.2, 0.25) is 0 Å². The van der Waals surface area contributed by atoms with Gasteiger partial charge in [0.15, 0.2) is 0 Å². The van der Waals surface area contributed by atoms with E-state index in [0.717, 1.165) is 21.2 Å². The maximum atomic E-state index is 11.4. The van der Waals surface area contributed by atoms with Crippen LogP contribution in [0.15, 0.2) is 77.3 Å². The fourth-order valence-electron chi connectivity index (χ4n) is 2.37. The van der Waals surface area contributed by atoms with E-state index in [1.165, 1.54) is 0 Å². The van der Waals surface area contributed by atoms with Gasteiger partial charge in [0.05, 0.1) is 10.5 Å². The Labute approximate surface area is 136 Å². The van der Waals surface area contributed by atoms with Crippen LogP contribution in [0.5, 0.6) is 0 Å². The molecule has 0 spiro atoms. The molecule has 0 atom stereocenters. The molecule has 3 nitrogen and oxygen atoms in total. The van der Waals surface area contributed by atoms with Gasteiger partial charge in [0.2, 0.25) is 0 Å². The molecule has 108 valence electrons. The van der Waals surface area contributed by atoms with E-state index in [-0.39, 0.29) is 10.6 Å². The summed E-state index contributed by atoms with van der Waals surface area (Å²) in [5, 5.41) is 11.4. The fraction of sp³-hybridized carbons (Fsp3) is 0. The van der Waals surface area contributed by atoms with Gasteiger partial charge in [-0.25, -0.2) is 0 Å². The van der Waals surface area contributed by atoms with Gasteiger partial charge in [-0.2, -0.15) is 0 Å². The molecule has 22 heavy (non-hydrogen) atoms. The summed E-state index contributed by atoms with van der Waals surface area (Å²) in [5.74, 6) is 0. The SMILES string of the molecule is O=[N+]([O-])c1cc(-c2ccccc2)ccc1-c1ccc(Br)cc1. The largest absolute Gasteiger partial charge is 0.277 e. The number of nitrogens with zero attached hydrogens (tertiary/aromatic N) is 1. The van der Waals surface area contributed by atoms with Crippen LogP contribution in [0, 0.1) is 10.1 Å². The Morgan fingerprint density at radius 1 is 0.773 bits per heavy atom. The van der Waals surface area contributed by atoms with Crippen LogP contribution in [0.25, 0.3) is 22.3 Å². The van der Waals surface area contributed by atoms with Gasteiger partial charge >= 0.3 is 0 Å². The molecule has 0 heterocycles. The van der Waals surface area contributed by atoms with Crippen molar-refractivity contribution in [2.75, 3.05) is 0 Å². The zero-order valence-electron chi connectivity index (χ0n) is 11.6. The van der Waals surface area contributed by atoms with E-state index in [0.29, 0.717) is 5.56 Å². The molecule has 0 unspecified atom stereocenters. The summed E-state index contributed by atoms with van der Waals surface area (Å²) >= 11 is 3.37. The number of halogens is 1. The van der Waals surface area contributed by atoms with Crippen molar-refractivity contribution in [2.24, 2.45) is 0 Å². The van der Waals surface area contributed by atoms with Crippen molar-refractivity contribution in [3.8, 4) is 22.3 Å². The van der Waals surface area contributed by atoms with Crippen molar-refractivity contribution in [2.45, 2.75) is 0 Å². The lowest BCUT2D eigenvalue weighted by Crippen LogP contribution is -1.93. The molecule has 3 rings (SSSR count). The molecular formula is C18H12BrNO2. The van der Waals surface area contributed by atoms with Crippen molar-refractivity contribution in [3.63, 3.8) is 0 Å². The first-order valence-corrected chi connectivity index (χ1v) is 7.54. The summed E-state index contributed by atoms with van der Waals surface area (Å²) in [6.07, 6.45) is 0. The Morgan fingerprint density at radius 2 is 1.41 bits per heavy atom. The third kappa shape index (κ3) is 2.92. The monoisotopic (exact) mass is 353 g/mol. The Balaban J connectivity index is 2.12. The smallest absolute Gasteiger partial charge is 0.258 e. The lowest BCUT2D eigenvalue weighted by atomic mass is 9.98. The van der Waals surface area contributed by atoms with Gasteiger partial charge < -0.3 is 0 Å². The summed E-state index contributed by atoms with van der Waals surface area (Å²) < 4.78 is 0.944. The molecule has 3 aromatic carbocycles. The van der Waals surface area contributed by atoms with E-state index < -0.39 is 0 Å². The van der Waals surface area contributed by atoms with Crippen molar-refractivity contribution >= 4 is 21.6 Å². The van der Waals surface area contributed by atoms with Gasteiger partial charge in [0.25, 0.3) is 5.69 Å². The van der Waals surface area contributed by atoms with Gasteiger partial charge in [-0.3, -0.25) is 10.1 Å². The minimum absolute atomic E-state index is 0.115. The fourth-order valence-corrected chi connectivity index (χ4v) is 2.63. The van der Waals surface area contributed by atoms with Crippen LogP contribution in [0.1, 0.15) is 0 Å². The first-order chi connectivity index (χ1) is 10.6. The summed E-state index contributed by atoms with van der Waals surface area (Å²) in [6.45, 7) is 0. The highest BCUT2D eigenvalue weighted by molar-refractivity contribution is 9.10. The van der Waals surface area contributed by atoms with E-state index in [4.69, 9.17) is 0 Å². The second-order valence-electron chi connectivity index (χ2n) is 4.86. The molecule has 0 amide bonds. The average molecular weight is 354 g/mol. The molecule has 0 bridgehead atoms. The molecule has 0 N–H and O–H groups in total. The summed E-state index contributed by atoms with van der Waals surface area (Å²) in [6, 6.07) is 22.5. The molecule has 4 heteroatoms. The van der Waals surface area contributed by atoms with Crippen LogP contribution in [0.4, 0.5) is 5.69 Å². The highest BCUT2D eigenvalue weighted by atomic mass is 79.9. The van der Waals surface area contributed by atoms with Crippen LogP contribution in [-0.4, -0.2) is 4.92 Å². The van der Waals surface area contributed by atoms with Crippen molar-refractivity contribution in [1.82, 2.24) is 0 Å². The molecule has 0 saturated carbocycles. The van der Waals surface area contributed by atoms with Gasteiger partial charge in [-0.05, 0) is 34.9 Å². The van der Waals surface area contributed by atoms with E-state index in [1.807, 2.05) is 66.7 Å². The van der Waals surface area contributed by atoms with Crippen molar-refractivity contribution in [1.29, 1.82) is 0 Å². The topological polar surface area (TPSA) is 43.1 Å². The summed E-state index contributed by atoms with van der Waals surface area (Å²) in [4.78, 5) is 11.1. The second kappa shape index (κ2) is 6.12. The highest BCUT2D eigenvalue weighted by Crippen LogP contribution is 2.34. The maximum Gasteiger partial charge on any atom is 0.277 e. The van der Waals surface area contributed by atoms with Crippen LogP contribution >= 0.6 is 15.9 Å². The zero-order valence-corrected chi connectivity index (χ0v) is 13.2. The molecule has 0 aromatic heterocycles. The molecule has 0 saturated heterocycles. The summed E-state index contributed by atoms with van der Waals surface area (Å²) in [5.41, 5.74) is 3.37. The predicted molar refractivity (Wildman–Crippen MR) is 91.7 cm³/mol. The van der Waals surface area contributed by atoms with Gasteiger partial charge in [-0.1, -0.05) is 64.5 Å². The van der Waals surface area contributed by atoms with E-state index in [9.17, 15) is 10.1 Å². The molecule has 0 aliphatic carbocycles. The molecule has 0 fully saturated rings. The zero-order chi connectivity index (χ0) is 15.5. The Morgan fingerprint density at radius 3 is 2.05 bits per heavy atom. The predicted octanol–water partition coefficient (Wildman–Crippen LogP) is 5.69. The quantitative estimate of drug-likeness (QED) is 0.448. The Bertz CT molecular complexity index is 814. The molecule has 3 aromatic rings. The number of rotatable bonds is 3. The normalized spacial score (nSPS) is 10.4. The first kappa shape index (κ1) is 14.5. The third-order valence-corrected chi connectivity index (χ3v) is 3.99. The molecule has 0 radical (unpaired) electrons. The van der Waals surface area contributed by atoms with Gasteiger partial charge in [0, 0.05) is 10.5 Å². The van der Waals surface area contributed by atoms with Crippen molar-refractivity contribution < 1.29 is 4.92 Å². The van der Waals surface area contributed by atoms with E-state index >= 15 is 0 Å². The van der Waals surface area contributed by atoms with Crippen LogP contribution in [-0.2, 0) is 0 Å². The number of nitro groups is 1. The number of hydrogen-bond donors (Lipinski definition) is 0. The minimum atomic E-state index is -0.330. The van der Waals surface area contributed by atoms with E-state index in [2.05, 4.69) is 15.9 Å². The summed E-state index contributed by atoms with van der Waals surface area (Å²) in [7, 11) is 0. The maximum absolute atomic E-state index is 11.4. The Hall–Kier alpha value is -2.46. The number of nitro benzene ring substituents is 1.